The lowest BCUT2D eigenvalue weighted by Gasteiger charge is -2.14. The Morgan fingerprint density at radius 3 is 2.34 bits per heavy atom. The van der Waals surface area contributed by atoms with E-state index >= 15 is 0 Å². The standard InChI is InChI=1S/C27H25FN4O3/c1-35-23-13-9-19(10-14-23)25-24(17-32(31-25)22-5-3-2-4-6-22)27(34)30-16-20(26(29)33)15-18-7-11-21(28)12-8-18/h2-14,17,20H,15-16H2,1H3,(H2,29,33)(H,30,34). The number of nitrogens with two attached hydrogens (primary N) is 1. The highest BCUT2D eigenvalue weighted by atomic mass is 19.1. The molecular formula is C27H25FN4O3. The number of nitrogens with one attached hydrogen (secondary N) is 1. The summed E-state index contributed by atoms with van der Waals surface area (Å²) in [5, 5.41) is 7.47. The van der Waals surface area contributed by atoms with Crippen LogP contribution in [0.3, 0.4) is 0 Å². The van der Waals surface area contributed by atoms with Crippen molar-refractivity contribution in [3.63, 3.8) is 0 Å². The van der Waals surface area contributed by atoms with Crippen LogP contribution in [0.1, 0.15) is 15.9 Å². The number of nitrogens with zero attached hydrogens (tertiary/aromatic N) is 2. The normalized spacial score (nSPS) is 11.6. The van der Waals surface area contributed by atoms with Crippen LogP contribution in [0.4, 0.5) is 4.39 Å². The summed E-state index contributed by atoms with van der Waals surface area (Å²) >= 11 is 0. The van der Waals surface area contributed by atoms with Crippen molar-refractivity contribution in [3.05, 3.63) is 102 Å². The Bertz CT molecular complexity index is 1300. The van der Waals surface area contributed by atoms with E-state index in [0.717, 1.165) is 16.8 Å². The minimum Gasteiger partial charge on any atom is -0.497 e. The first kappa shape index (κ1) is 23.7. The van der Waals surface area contributed by atoms with E-state index in [1.807, 2.05) is 42.5 Å². The van der Waals surface area contributed by atoms with Crippen molar-refractivity contribution in [2.75, 3.05) is 13.7 Å². The van der Waals surface area contributed by atoms with Crippen LogP contribution < -0.4 is 15.8 Å². The molecule has 0 spiro atoms. The van der Waals surface area contributed by atoms with Crippen molar-refractivity contribution in [3.8, 4) is 22.7 Å². The monoisotopic (exact) mass is 472 g/mol. The topological polar surface area (TPSA) is 99.2 Å². The Hall–Kier alpha value is -4.46. The molecule has 2 amide bonds. The first-order chi connectivity index (χ1) is 16.9. The summed E-state index contributed by atoms with van der Waals surface area (Å²) < 4.78 is 20.1. The number of benzene rings is 3. The molecule has 1 atom stereocenters. The highest BCUT2D eigenvalue weighted by molar-refractivity contribution is 6.00. The molecule has 7 nitrogen and oxygen atoms in total. The smallest absolute Gasteiger partial charge is 0.255 e. The summed E-state index contributed by atoms with van der Waals surface area (Å²) in [6.45, 7) is 0.0319. The maximum Gasteiger partial charge on any atom is 0.255 e. The number of carbonyl (C=O) groups is 2. The lowest BCUT2D eigenvalue weighted by Crippen LogP contribution is -2.37. The molecule has 4 aromatic rings. The predicted octanol–water partition coefficient (Wildman–Crippen LogP) is 3.76. The molecule has 1 heterocycles. The van der Waals surface area contributed by atoms with Gasteiger partial charge in [0.05, 0.1) is 24.3 Å². The van der Waals surface area contributed by atoms with Crippen LogP contribution in [0.15, 0.2) is 85.1 Å². The van der Waals surface area contributed by atoms with Gasteiger partial charge < -0.3 is 15.8 Å². The molecule has 4 rings (SSSR count). The molecule has 0 radical (unpaired) electrons. The zero-order valence-electron chi connectivity index (χ0n) is 19.1. The first-order valence-electron chi connectivity index (χ1n) is 11.1. The SMILES string of the molecule is COc1ccc(-c2nn(-c3ccccc3)cc2C(=O)NCC(Cc2ccc(F)cc2)C(N)=O)cc1. The van der Waals surface area contributed by atoms with Crippen molar-refractivity contribution in [1.29, 1.82) is 0 Å². The molecule has 35 heavy (non-hydrogen) atoms. The van der Waals surface area contributed by atoms with E-state index < -0.39 is 11.8 Å². The van der Waals surface area contributed by atoms with Crippen LogP contribution >= 0.6 is 0 Å². The van der Waals surface area contributed by atoms with Gasteiger partial charge in [0, 0.05) is 18.3 Å². The number of ether oxygens (including phenoxy) is 1. The number of amides is 2. The molecule has 178 valence electrons. The first-order valence-corrected chi connectivity index (χ1v) is 11.1. The van der Waals surface area contributed by atoms with E-state index in [9.17, 15) is 14.0 Å². The van der Waals surface area contributed by atoms with Gasteiger partial charge in [-0.25, -0.2) is 9.07 Å². The summed E-state index contributed by atoms with van der Waals surface area (Å²) in [7, 11) is 1.58. The van der Waals surface area contributed by atoms with E-state index in [0.29, 0.717) is 17.0 Å². The molecule has 0 saturated heterocycles. The Morgan fingerprint density at radius 2 is 1.71 bits per heavy atom. The molecule has 0 fully saturated rings. The summed E-state index contributed by atoms with van der Waals surface area (Å²) in [6, 6.07) is 22.5. The molecule has 8 heteroatoms. The summed E-state index contributed by atoms with van der Waals surface area (Å²) in [4.78, 5) is 25.3. The lowest BCUT2D eigenvalue weighted by molar-refractivity contribution is -0.121. The maximum absolute atomic E-state index is 13.2. The Morgan fingerprint density at radius 1 is 1.03 bits per heavy atom. The van der Waals surface area contributed by atoms with Crippen LogP contribution in [0.25, 0.3) is 16.9 Å². The Kier molecular flexibility index (Phi) is 7.21. The van der Waals surface area contributed by atoms with Gasteiger partial charge in [0.2, 0.25) is 5.91 Å². The molecule has 0 bridgehead atoms. The average Bonchev–Trinajstić information content (AvgIpc) is 3.33. The second-order valence-corrected chi connectivity index (χ2v) is 8.04. The summed E-state index contributed by atoms with van der Waals surface area (Å²) in [5.41, 5.74) is 8.70. The van der Waals surface area contributed by atoms with E-state index in [1.165, 1.54) is 12.1 Å². The van der Waals surface area contributed by atoms with Gasteiger partial charge in [-0.1, -0.05) is 30.3 Å². The van der Waals surface area contributed by atoms with E-state index in [2.05, 4.69) is 10.4 Å². The summed E-state index contributed by atoms with van der Waals surface area (Å²) in [6.07, 6.45) is 1.94. The third-order valence-corrected chi connectivity index (χ3v) is 5.65. The number of carbonyl (C=O) groups excluding carboxylic acids is 2. The quantitative estimate of drug-likeness (QED) is 0.387. The fourth-order valence-electron chi connectivity index (χ4n) is 3.70. The maximum atomic E-state index is 13.2. The van der Waals surface area contributed by atoms with E-state index in [1.54, 1.807) is 42.3 Å². The van der Waals surface area contributed by atoms with Crippen LogP contribution in [-0.4, -0.2) is 35.2 Å². The third kappa shape index (κ3) is 5.73. The van der Waals surface area contributed by atoms with Crippen molar-refractivity contribution < 1.29 is 18.7 Å². The van der Waals surface area contributed by atoms with Crippen LogP contribution in [0.5, 0.6) is 5.75 Å². The highest BCUT2D eigenvalue weighted by Gasteiger charge is 2.22. The van der Waals surface area contributed by atoms with Gasteiger partial charge >= 0.3 is 0 Å². The molecule has 0 saturated carbocycles. The predicted molar refractivity (Wildman–Crippen MR) is 131 cm³/mol. The molecule has 0 aliphatic carbocycles. The number of hydrogen-bond acceptors (Lipinski definition) is 4. The van der Waals surface area contributed by atoms with Crippen molar-refractivity contribution in [2.24, 2.45) is 11.7 Å². The van der Waals surface area contributed by atoms with Gasteiger partial charge in [-0.2, -0.15) is 5.10 Å². The number of rotatable bonds is 9. The Labute approximate surface area is 202 Å². The van der Waals surface area contributed by atoms with E-state index in [4.69, 9.17) is 10.5 Å². The number of primary amides is 1. The van der Waals surface area contributed by atoms with Crippen molar-refractivity contribution in [2.45, 2.75) is 6.42 Å². The minimum absolute atomic E-state index is 0.0319. The minimum atomic E-state index is -0.655. The molecule has 1 aromatic heterocycles. The van der Waals surface area contributed by atoms with E-state index in [-0.39, 0.29) is 24.7 Å². The second kappa shape index (κ2) is 10.6. The average molecular weight is 473 g/mol. The highest BCUT2D eigenvalue weighted by Crippen LogP contribution is 2.26. The zero-order chi connectivity index (χ0) is 24.8. The fourth-order valence-corrected chi connectivity index (χ4v) is 3.70. The zero-order valence-corrected chi connectivity index (χ0v) is 19.1. The number of aromatic nitrogens is 2. The van der Waals surface area contributed by atoms with Crippen LogP contribution in [0, 0.1) is 11.7 Å². The largest absolute Gasteiger partial charge is 0.497 e. The molecule has 0 aliphatic heterocycles. The number of para-hydroxylation sites is 1. The van der Waals surface area contributed by atoms with Gasteiger partial charge in [-0.05, 0) is 60.5 Å². The molecular weight excluding hydrogens is 447 g/mol. The summed E-state index contributed by atoms with van der Waals surface area (Å²) in [5.74, 6) is -1.27. The van der Waals surface area contributed by atoms with Crippen LogP contribution in [-0.2, 0) is 11.2 Å². The molecule has 3 aromatic carbocycles. The number of halogens is 1. The Balaban J connectivity index is 1.58. The van der Waals surface area contributed by atoms with Gasteiger partial charge in [-0.3, -0.25) is 9.59 Å². The van der Waals surface area contributed by atoms with Gasteiger partial charge in [0.15, 0.2) is 0 Å². The fraction of sp³-hybridized carbons (Fsp3) is 0.148. The molecule has 3 N–H and O–H groups in total. The molecule has 1 unspecified atom stereocenters. The second-order valence-electron chi connectivity index (χ2n) is 8.04. The van der Waals surface area contributed by atoms with Gasteiger partial charge in [0.1, 0.15) is 17.3 Å². The number of hydrogen-bond donors (Lipinski definition) is 2. The van der Waals surface area contributed by atoms with Crippen molar-refractivity contribution in [1.82, 2.24) is 15.1 Å². The van der Waals surface area contributed by atoms with Gasteiger partial charge in [-0.15, -0.1) is 0 Å². The number of methoxy groups -OCH3 is 1. The third-order valence-electron chi connectivity index (χ3n) is 5.65. The van der Waals surface area contributed by atoms with Crippen molar-refractivity contribution >= 4 is 11.8 Å². The lowest BCUT2D eigenvalue weighted by atomic mass is 9.98. The molecule has 0 aliphatic rings. The van der Waals surface area contributed by atoms with Crippen LogP contribution in [0.2, 0.25) is 0 Å². The van der Waals surface area contributed by atoms with Gasteiger partial charge in [0.25, 0.3) is 5.91 Å².